The van der Waals surface area contributed by atoms with Crippen molar-refractivity contribution in [2.24, 2.45) is 0 Å². The Bertz CT molecular complexity index is 451. The van der Waals surface area contributed by atoms with E-state index < -0.39 is 0 Å². The summed E-state index contributed by atoms with van der Waals surface area (Å²) in [7, 11) is 0. The predicted molar refractivity (Wildman–Crippen MR) is 82.8 cm³/mol. The number of likely N-dealkylation sites (tertiary alicyclic amines) is 1. The second kappa shape index (κ2) is 7.29. The first kappa shape index (κ1) is 14.9. The van der Waals surface area contributed by atoms with Crippen LogP contribution in [-0.2, 0) is 0 Å². The third-order valence-corrected chi connectivity index (χ3v) is 3.92. The smallest absolute Gasteiger partial charge is 0.251 e. The van der Waals surface area contributed by atoms with E-state index >= 15 is 0 Å². The number of carbonyl (C=O) groups is 1. The van der Waals surface area contributed by atoms with Crippen LogP contribution in [0.5, 0.6) is 0 Å². The molecule has 1 fully saturated rings. The number of benzene rings is 1. The highest BCUT2D eigenvalue weighted by atomic mass is 16.1. The average Bonchev–Trinajstić information content (AvgIpc) is 2.70. The maximum absolute atomic E-state index is 12.1. The number of nitrogens with one attached hydrogen (secondary N) is 1. The van der Waals surface area contributed by atoms with Crippen molar-refractivity contribution in [3.63, 3.8) is 0 Å². The van der Waals surface area contributed by atoms with E-state index in [4.69, 9.17) is 5.73 Å². The SMILES string of the molecule is Cc1ccc(N)cc1C(=O)NCCN1CCCCCC1. The molecule has 1 aromatic rings. The summed E-state index contributed by atoms with van der Waals surface area (Å²) in [5, 5.41) is 3.00. The van der Waals surface area contributed by atoms with Gasteiger partial charge in [-0.25, -0.2) is 0 Å². The van der Waals surface area contributed by atoms with Gasteiger partial charge in [0.2, 0.25) is 0 Å². The van der Waals surface area contributed by atoms with E-state index in [-0.39, 0.29) is 5.91 Å². The molecule has 1 amide bonds. The zero-order valence-corrected chi connectivity index (χ0v) is 12.3. The molecule has 0 aromatic heterocycles. The van der Waals surface area contributed by atoms with E-state index in [0.29, 0.717) is 17.8 Å². The van der Waals surface area contributed by atoms with Gasteiger partial charge < -0.3 is 16.0 Å². The molecule has 1 aliphatic rings. The molecule has 0 saturated carbocycles. The summed E-state index contributed by atoms with van der Waals surface area (Å²) < 4.78 is 0. The molecule has 0 spiro atoms. The Balaban J connectivity index is 1.81. The Kier molecular flexibility index (Phi) is 5.41. The Morgan fingerprint density at radius 3 is 2.65 bits per heavy atom. The zero-order chi connectivity index (χ0) is 14.4. The fraction of sp³-hybridized carbons (Fsp3) is 0.562. The lowest BCUT2D eigenvalue weighted by molar-refractivity contribution is 0.0948. The summed E-state index contributed by atoms with van der Waals surface area (Å²) in [6.45, 7) is 5.89. The zero-order valence-electron chi connectivity index (χ0n) is 12.3. The minimum Gasteiger partial charge on any atom is -0.399 e. The van der Waals surface area contributed by atoms with Gasteiger partial charge in [-0.2, -0.15) is 0 Å². The van der Waals surface area contributed by atoms with Gasteiger partial charge in [-0.3, -0.25) is 4.79 Å². The highest BCUT2D eigenvalue weighted by Crippen LogP contribution is 2.12. The minimum absolute atomic E-state index is 0.0235. The molecule has 0 bridgehead atoms. The first-order valence-corrected chi connectivity index (χ1v) is 7.53. The summed E-state index contributed by atoms with van der Waals surface area (Å²) in [4.78, 5) is 14.6. The van der Waals surface area contributed by atoms with Crippen LogP contribution in [0.15, 0.2) is 18.2 Å². The summed E-state index contributed by atoms with van der Waals surface area (Å²) in [5.74, 6) is -0.0235. The van der Waals surface area contributed by atoms with Crippen molar-refractivity contribution < 1.29 is 4.79 Å². The molecule has 3 N–H and O–H groups in total. The number of hydrogen-bond acceptors (Lipinski definition) is 3. The Labute approximate surface area is 121 Å². The number of nitrogens with two attached hydrogens (primary N) is 1. The van der Waals surface area contributed by atoms with Gasteiger partial charge in [0.1, 0.15) is 0 Å². The maximum atomic E-state index is 12.1. The van der Waals surface area contributed by atoms with E-state index in [0.717, 1.165) is 25.2 Å². The lowest BCUT2D eigenvalue weighted by atomic mass is 10.1. The monoisotopic (exact) mass is 275 g/mol. The molecule has 4 heteroatoms. The van der Waals surface area contributed by atoms with Crippen LogP contribution in [0.3, 0.4) is 0 Å². The predicted octanol–water partition coefficient (Wildman–Crippen LogP) is 2.18. The first-order chi connectivity index (χ1) is 9.66. The number of aryl methyl sites for hydroxylation is 1. The van der Waals surface area contributed by atoms with Crippen LogP contribution >= 0.6 is 0 Å². The second-order valence-electron chi connectivity index (χ2n) is 5.59. The van der Waals surface area contributed by atoms with Gasteiger partial charge in [0, 0.05) is 24.3 Å². The fourth-order valence-corrected chi connectivity index (χ4v) is 2.67. The van der Waals surface area contributed by atoms with Crippen LogP contribution in [0.2, 0.25) is 0 Å². The van der Waals surface area contributed by atoms with Crippen LogP contribution in [0.1, 0.15) is 41.6 Å². The number of rotatable bonds is 4. The maximum Gasteiger partial charge on any atom is 0.251 e. The Morgan fingerprint density at radius 2 is 1.95 bits per heavy atom. The average molecular weight is 275 g/mol. The topological polar surface area (TPSA) is 58.4 Å². The summed E-state index contributed by atoms with van der Waals surface area (Å²) in [6.07, 6.45) is 5.24. The molecular formula is C16H25N3O. The number of anilines is 1. The van der Waals surface area contributed by atoms with Gasteiger partial charge in [0.15, 0.2) is 0 Å². The standard InChI is InChI=1S/C16H25N3O/c1-13-6-7-14(17)12-15(13)16(20)18-8-11-19-9-4-2-3-5-10-19/h6-7,12H,2-5,8-11,17H2,1H3,(H,18,20). The first-order valence-electron chi connectivity index (χ1n) is 7.53. The highest BCUT2D eigenvalue weighted by Gasteiger charge is 2.11. The molecule has 0 radical (unpaired) electrons. The normalized spacial score (nSPS) is 16.6. The number of carbonyl (C=O) groups excluding carboxylic acids is 1. The molecular weight excluding hydrogens is 250 g/mol. The molecule has 2 rings (SSSR count). The van der Waals surface area contributed by atoms with Crippen molar-refractivity contribution in [2.75, 3.05) is 31.9 Å². The van der Waals surface area contributed by atoms with Crippen LogP contribution in [0.25, 0.3) is 0 Å². The van der Waals surface area contributed by atoms with Crippen molar-refractivity contribution in [3.8, 4) is 0 Å². The van der Waals surface area contributed by atoms with Gasteiger partial charge >= 0.3 is 0 Å². The van der Waals surface area contributed by atoms with Crippen LogP contribution in [-0.4, -0.2) is 37.0 Å². The van der Waals surface area contributed by atoms with E-state index in [9.17, 15) is 4.79 Å². The van der Waals surface area contributed by atoms with Crippen molar-refractivity contribution in [1.29, 1.82) is 0 Å². The van der Waals surface area contributed by atoms with E-state index in [1.165, 1.54) is 25.7 Å². The van der Waals surface area contributed by atoms with Gasteiger partial charge in [0.05, 0.1) is 0 Å². The van der Waals surface area contributed by atoms with E-state index in [1.807, 2.05) is 19.1 Å². The molecule has 20 heavy (non-hydrogen) atoms. The summed E-state index contributed by atoms with van der Waals surface area (Å²) >= 11 is 0. The molecule has 0 unspecified atom stereocenters. The third kappa shape index (κ3) is 4.23. The molecule has 0 atom stereocenters. The fourth-order valence-electron chi connectivity index (χ4n) is 2.67. The quantitative estimate of drug-likeness (QED) is 0.828. The van der Waals surface area contributed by atoms with Crippen molar-refractivity contribution in [1.82, 2.24) is 10.2 Å². The molecule has 1 aromatic carbocycles. The van der Waals surface area contributed by atoms with E-state index in [1.54, 1.807) is 6.07 Å². The number of nitrogen functional groups attached to an aromatic ring is 1. The van der Waals surface area contributed by atoms with Crippen molar-refractivity contribution in [2.45, 2.75) is 32.6 Å². The number of amides is 1. The lowest BCUT2D eigenvalue weighted by Crippen LogP contribution is -2.35. The van der Waals surface area contributed by atoms with Crippen molar-refractivity contribution in [3.05, 3.63) is 29.3 Å². The van der Waals surface area contributed by atoms with Gasteiger partial charge in [-0.05, 0) is 50.6 Å². The van der Waals surface area contributed by atoms with Crippen LogP contribution < -0.4 is 11.1 Å². The molecule has 1 saturated heterocycles. The number of nitrogens with zero attached hydrogens (tertiary/aromatic N) is 1. The molecule has 0 aliphatic carbocycles. The lowest BCUT2D eigenvalue weighted by Gasteiger charge is -2.19. The Morgan fingerprint density at radius 1 is 1.25 bits per heavy atom. The second-order valence-corrected chi connectivity index (χ2v) is 5.59. The summed E-state index contributed by atoms with van der Waals surface area (Å²) in [6, 6.07) is 5.46. The van der Waals surface area contributed by atoms with Gasteiger partial charge in [-0.1, -0.05) is 18.9 Å². The van der Waals surface area contributed by atoms with Gasteiger partial charge in [-0.15, -0.1) is 0 Å². The van der Waals surface area contributed by atoms with Crippen LogP contribution in [0.4, 0.5) is 5.69 Å². The Hall–Kier alpha value is -1.55. The molecule has 1 aliphatic heterocycles. The number of hydrogen-bond donors (Lipinski definition) is 2. The van der Waals surface area contributed by atoms with E-state index in [2.05, 4.69) is 10.2 Å². The minimum atomic E-state index is -0.0235. The van der Waals surface area contributed by atoms with Crippen LogP contribution in [0, 0.1) is 6.92 Å². The van der Waals surface area contributed by atoms with Crippen molar-refractivity contribution >= 4 is 11.6 Å². The van der Waals surface area contributed by atoms with Gasteiger partial charge in [0.25, 0.3) is 5.91 Å². The third-order valence-electron chi connectivity index (χ3n) is 3.92. The summed E-state index contributed by atoms with van der Waals surface area (Å²) in [5.41, 5.74) is 8.02. The molecule has 1 heterocycles. The molecule has 110 valence electrons. The highest BCUT2D eigenvalue weighted by molar-refractivity contribution is 5.96. The molecule has 4 nitrogen and oxygen atoms in total. The largest absolute Gasteiger partial charge is 0.399 e.